The first-order valence-electron chi connectivity index (χ1n) is 4.88. The van der Waals surface area contributed by atoms with Gasteiger partial charge < -0.3 is 15.7 Å². The number of hydrogen-bond acceptors (Lipinski definition) is 2. The van der Waals surface area contributed by atoms with Crippen LogP contribution in [0.15, 0.2) is 30.4 Å². The van der Waals surface area contributed by atoms with Crippen LogP contribution >= 0.6 is 0 Å². The van der Waals surface area contributed by atoms with E-state index in [4.69, 9.17) is 5.11 Å². The van der Waals surface area contributed by atoms with Gasteiger partial charge in [0.15, 0.2) is 0 Å². The van der Waals surface area contributed by atoms with Crippen LogP contribution in [0.2, 0.25) is 0 Å². The molecule has 96 valence electrons. The molecule has 0 aliphatic rings. The number of carboxylic acid groups (broad SMARTS) is 1. The Morgan fingerprint density at radius 3 is 2.72 bits per heavy atom. The Morgan fingerprint density at radius 2 is 2.06 bits per heavy atom. The molecule has 7 heteroatoms. The zero-order valence-corrected chi connectivity index (χ0v) is 9.11. The van der Waals surface area contributed by atoms with E-state index in [-0.39, 0.29) is 12.2 Å². The summed E-state index contributed by atoms with van der Waals surface area (Å²) in [5, 5.41) is 12.6. The predicted octanol–water partition coefficient (Wildman–Crippen LogP) is 1.73. The summed E-state index contributed by atoms with van der Waals surface area (Å²) in [6, 6.07) is 1.88. The highest BCUT2D eigenvalue weighted by atomic mass is 19.1. The van der Waals surface area contributed by atoms with Gasteiger partial charge in [-0.15, -0.1) is 0 Å². The number of hydrogen-bond donors (Lipinski definition) is 3. The monoisotopic (exact) mass is 256 g/mol. The van der Waals surface area contributed by atoms with Crippen molar-refractivity contribution in [3.8, 4) is 0 Å². The summed E-state index contributed by atoms with van der Waals surface area (Å²) < 4.78 is 25.9. The third-order valence-corrected chi connectivity index (χ3v) is 1.82. The highest BCUT2D eigenvalue weighted by Crippen LogP contribution is 2.14. The molecule has 0 spiro atoms. The largest absolute Gasteiger partial charge is 0.478 e. The van der Waals surface area contributed by atoms with Crippen molar-refractivity contribution in [2.75, 3.05) is 11.9 Å². The fraction of sp³-hybridized carbons (Fsp3) is 0.0909. The number of carbonyl (C=O) groups excluding carboxylic acids is 1. The zero-order chi connectivity index (χ0) is 13.5. The quantitative estimate of drug-likeness (QED) is 0.718. The van der Waals surface area contributed by atoms with Gasteiger partial charge in [-0.05, 0) is 12.1 Å². The summed E-state index contributed by atoms with van der Waals surface area (Å²) in [5.74, 6) is -2.60. The molecule has 0 radical (unpaired) electrons. The first kappa shape index (κ1) is 13.6. The molecule has 0 fully saturated rings. The summed E-state index contributed by atoms with van der Waals surface area (Å²) in [4.78, 5) is 21.3. The van der Waals surface area contributed by atoms with Crippen LogP contribution in [0.25, 0.3) is 0 Å². The lowest BCUT2D eigenvalue weighted by Crippen LogP contribution is -2.29. The molecule has 0 unspecified atom stereocenters. The van der Waals surface area contributed by atoms with E-state index < -0.39 is 23.6 Å². The van der Waals surface area contributed by atoms with Crippen molar-refractivity contribution in [3.63, 3.8) is 0 Å². The summed E-state index contributed by atoms with van der Waals surface area (Å²) >= 11 is 0. The lowest BCUT2D eigenvalue weighted by molar-refractivity contribution is -0.131. The summed E-state index contributed by atoms with van der Waals surface area (Å²) in [5.41, 5.74) is -0.297. The van der Waals surface area contributed by atoms with E-state index in [1.54, 1.807) is 0 Å². The molecule has 3 N–H and O–H groups in total. The molecule has 0 saturated carbocycles. The van der Waals surface area contributed by atoms with Gasteiger partial charge in [0, 0.05) is 18.7 Å². The standard InChI is InChI=1S/C11H10F2N2O3/c12-7-3-4-8(13)9(6-7)15-11(18)14-5-1-2-10(16)17/h1-4,6H,5H2,(H,16,17)(H2,14,15,18)/b2-1+. The molecule has 0 aliphatic heterocycles. The van der Waals surface area contributed by atoms with Gasteiger partial charge in [0.1, 0.15) is 11.6 Å². The minimum absolute atomic E-state index is 0.0466. The number of rotatable bonds is 4. The topological polar surface area (TPSA) is 78.4 Å². The van der Waals surface area contributed by atoms with Crippen LogP contribution in [0.3, 0.4) is 0 Å². The third kappa shape index (κ3) is 4.60. The molecule has 0 aliphatic carbocycles. The van der Waals surface area contributed by atoms with Crippen molar-refractivity contribution in [2.24, 2.45) is 0 Å². The number of carbonyl (C=O) groups is 2. The SMILES string of the molecule is O=C(O)/C=C/CNC(=O)Nc1cc(F)ccc1F. The van der Waals surface area contributed by atoms with Crippen molar-refractivity contribution in [2.45, 2.75) is 0 Å². The highest BCUT2D eigenvalue weighted by molar-refractivity contribution is 5.89. The Balaban J connectivity index is 2.49. The minimum Gasteiger partial charge on any atom is -0.478 e. The van der Waals surface area contributed by atoms with E-state index in [9.17, 15) is 18.4 Å². The molecule has 1 aromatic carbocycles. The Bertz CT molecular complexity index is 489. The van der Waals surface area contributed by atoms with Crippen LogP contribution < -0.4 is 10.6 Å². The molecule has 2 amide bonds. The van der Waals surface area contributed by atoms with Crippen molar-refractivity contribution in [3.05, 3.63) is 42.0 Å². The average Bonchev–Trinajstić information content (AvgIpc) is 2.29. The molecular weight excluding hydrogens is 246 g/mol. The number of anilines is 1. The fourth-order valence-corrected chi connectivity index (χ4v) is 1.07. The van der Waals surface area contributed by atoms with Crippen molar-refractivity contribution < 1.29 is 23.5 Å². The molecule has 1 aromatic rings. The smallest absolute Gasteiger partial charge is 0.328 e. The maximum Gasteiger partial charge on any atom is 0.328 e. The van der Waals surface area contributed by atoms with Crippen molar-refractivity contribution in [1.82, 2.24) is 5.32 Å². The molecule has 0 aromatic heterocycles. The Labute approximate surface area is 101 Å². The second-order valence-corrected chi connectivity index (χ2v) is 3.20. The van der Waals surface area contributed by atoms with Crippen molar-refractivity contribution in [1.29, 1.82) is 0 Å². The van der Waals surface area contributed by atoms with Crippen LogP contribution in [0.5, 0.6) is 0 Å². The van der Waals surface area contributed by atoms with Gasteiger partial charge in [-0.25, -0.2) is 18.4 Å². The number of halogens is 2. The number of nitrogens with one attached hydrogen (secondary N) is 2. The minimum atomic E-state index is -1.15. The fourth-order valence-electron chi connectivity index (χ4n) is 1.07. The lowest BCUT2D eigenvalue weighted by atomic mass is 10.3. The molecule has 0 bridgehead atoms. The second-order valence-electron chi connectivity index (χ2n) is 3.20. The Kier molecular flexibility index (Phi) is 4.79. The number of aliphatic carboxylic acids is 1. The first-order chi connectivity index (χ1) is 8.49. The van der Waals surface area contributed by atoms with Crippen LogP contribution in [-0.4, -0.2) is 23.7 Å². The van der Waals surface area contributed by atoms with E-state index in [0.29, 0.717) is 0 Å². The van der Waals surface area contributed by atoms with E-state index in [1.165, 1.54) is 6.08 Å². The molecule has 5 nitrogen and oxygen atoms in total. The third-order valence-electron chi connectivity index (χ3n) is 1.82. The molecule has 0 saturated heterocycles. The van der Waals surface area contributed by atoms with Crippen molar-refractivity contribution >= 4 is 17.7 Å². The van der Waals surface area contributed by atoms with Gasteiger partial charge in [-0.2, -0.15) is 0 Å². The zero-order valence-electron chi connectivity index (χ0n) is 9.11. The lowest BCUT2D eigenvalue weighted by Gasteiger charge is -2.06. The van der Waals surface area contributed by atoms with Gasteiger partial charge in [-0.1, -0.05) is 6.08 Å². The number of amides is 2. The van der Waals surface area contributed by atoms with Gasteiger partial charge in [0.2, 0.25) is 0 Å². The maximum atomic E-state index is 13.1. The summed E-state index contributed by atoms with van der Waals surface area (Å²) in [6.45, 7) is -0.0466. The highest BCUT2D eigenvalue weighted by Gasteiger charge is 2.06. The summed E-state index contributed by atoms with van der Waals surface area (Å²) in [7, 11) is 0. The van der Waals surface area contributed by atoms with Crippen LogP contribution in [0.4, 0.5) is 19.3 Å². The van der Waals surface area contributed by atoms with Gasteiger partial charge in [-0.3, -0.25) is 0 Å². The van der Waals surface area contributed by atoms with Crippen LogP contribution in [0.1, 0.15) is 0 Å². The molecule has 0 heterocycles. The van der Waals surface area contributed by atoms with E-state index in [2.05, 4.69) is 10.6 Å². The second kappa shape index (κ2) is 6.33. The molecule has 1 rings (SSSR count). The summed E-state index contributed by atoms with van der Waals surface area (Å²) in [6.07, 6.45) is 2.05. The first-order valence-corrected chi connectivity index (χ1v) is 4.88. The normalized spacial score (nSPS) is 10.3. The molecular formula is C11H10F2N2O3. The number of benzene rings is 1. The van der Waals surface area contributed by atoms with E-state index in [0.717, 1.165) is 24.3 Å². The van der Waals surface area contributed by atoms with E-state index in [1.807, 2.05) is 0 Å². The predicted molar refractivity (Wildman–Crippen MR) is 60.2 cm³/mol. The maximum absolute atomic E-state index is 13.1. The van der Waals surface area contributed by atoms with Crippen LogP contribution in [0, 0.1) is 11.6 Å². The molecule has 18 heavy (non-hydrogen) atoms. The number of carboxylic acids is 1. The Morgan fingerprint density at radius 1 is 1.33 bits per heavy atom. The average molecular weight is 256 g/mol. The Hall–Kier alpha value is -2.44. The van der Waals surface area contributed by atoms with Gasteiger partial charge in [0.05, 0.1) is 5.69 Å². The van der Waals surface area contributed by atoms with Gasteiger partial charge >= 0.3 is 12.0 Å². The number of urea groups is 1. The van der Waals surface area contributed by atoms with Gasteiger partial charge in [0.25, 0.3) is 0 Å². The van der Waals surface area contributed by atoms with Crippen LogP contribution in [-0.2, 0) is 4.79 Å². The van der Waals surface area contributed by atoms with E-state index >= 15 is 0 Å². The molecule has 0 atom stereocenters.